The maximum Gasteiger partial charge on any atom is 0.229 e. The molecule has 0 spiro atoms. The molecule has 1 atom stereocenters. The van der Waals surface area contributed by atoms with Crippen molar-refractivity contribution in [2.24, 2.45) is 5.92 Å². The van der Waals surface area contributed by atoms with Gasteiger partial charge < -0.3 is 19.9 Å². The Bertz CT molecular complexity index is 862. The number of benzene rings is 1. The monoisotopic (exact) mass is 380 g/mol. The van der Waals surface area contributed by atoms with Crippen LogP contribution in [0, 0.1) is 5.92 Å². The molecule has 146 valence electrons. The van der Waals surface area contributed by atoms with E-state index in [1.165, 1.54) is 12.8 Å². The van der Waals surface area contributed by atoms with Crippen molar-refractivity contribution in [3.05, 3.63) is 42.6 Å². The summed E-state index contributed by atoms with van der Waals surface area (Å²) in [7, 11) is 1.59. The highest BCUT2D eigenvalue weighted by molar-refractivity contribution is 6.03. The third kappa shape index (κ3) is 3.78. The minimum Gasteiger partial charge on any atom is -0.497 e. The number of hydrogen-bond acceptors (Lipinski definition) is 5. The molecule has 7 heteroatoms. The molecule has 0 radical (unpaired) electrons. The summed E-state index contributed by atoms with van der Waals surface area (Å²) >= 11 is 0. The van der Waals surface area contributed by atoms with Gasteiger partial charge in [-0.1, -0.05) is 6.07 Å². The van der Waals surface area contributed by atoms with Crippen molar-refractivity contribution >= 4 is 29.0 Å². The number of ether oxygens (including phenoxy) is 1. The zero-order chi connectivity index (χ0) is 19.5. The molecule has 7 nitrogen and oxygen atoms in total. The van der Waals surface area contributed by atoms with Crippen LogP contribution >= 0.6 is 0 Å². The predicted molar refractivity (Wildman–Crippen MR) is 108 cm³/mol. The molecule has 2 saturated heterocycles. The van der Waals surface area contributed by atoms with Crippen LogP contribution in [0.15, 0.2) is 42.6 Å². The first kappa shape index (κ1) is 18.3. The molecule has 2 fully saturated rings. The van der Waals surface area contributed by atoms with E-state index < -0.39 is 5.92 Å². The van der Waals surface area contributed by atoms with Crippen molar-refractivity contribution in [1.82, 2.24) is 4.98 Å². The van der Waals surface area contributed by atoms with E-state index in [0.29, 0.717) is 18.0 Å². The number of aromatic nitrogens is 1. The predicted octanol–water partition coefficient (Wildman–Crippen LogP) is 2.68. The fourth-order valence-corrected chi connectivity index (χ4v) is 3.75. The Morgan fingerprint density at radius 3 is 2.75 bits per heavy atom. The number of amides is 2. The SMILES string of the molecule is COc1cccc(N2C[C@H](C(=O)Nc3ccc(N4CCCC4)nc3)CC2=O)c1. The van der Waals surface area contributed by atoms with Crippen LogP contribution in [0.25, 0.3) is 0 Å². The summed E-state index contributed by atoms with van der Waals surface area (Å²) in [5, 5.41) is 2.89. The highest BCUT2D eigenvalue weighted by Gasteiger charge is 2.35. The third-order valence-corrected chi connectivity index (χ3v) is 5.31. The third-order valence-electron chi connectivity index (χ3n) is 5.31. The largest absolute Gasteiger partial charge is 0.497 e. The van der Waals surface area contributed by atoms with E-state index in [0.717, 1.165) is 24.6 Å². The lowest BCUT2D eigenvalue weighted by Gasteiger charge is -2.18. The summed E-state index contributed by atoms with van der Waals surface area (Å²) in [5.41, 5.74) is 1.40. The maximum atomic E-state index is 12.6. The lowest BCUT2D eigenvalue weighted by Crippen LogP contribution is -2.28. The Labute approximate surface area is 164 Å². The summed E-state index contributed by atoms with van der Waals surface area (Å²) in [6.45, 7) is 2.42. The van der Waals surface area contributed by atoms with Gasteiger partial charge in [0.25, 0.3) is 0 Å². The molecule has 1 aromatic heterocycles. The molecule has 1 aromatic carbocycles. The normalized spacial score (nSPS) is 19.2. The number of hydrogen-bond donors (Lipinski definition) is 1. The molecular formula is C21H24N4O3. The Kier molecular flexibility index (Phi) is 5.14. The van der Waals surface area contributed by atoms with Gasteiger partial charge >= 0.3 is 0 Å². The average Bonchev–Trinajstić information content (AvgIpc) is 3.39. The molecule has 3 heterocycles. The van der Waals surface area contributed by atoms with Crippen molar-refractivity contribution in [2.75, 3.05) is 41.9 Å². The molecule has 2 amide bonds. The molecule has 0 saturated carbocycles. The Hall–Kier alpha value is -3.09. The Morgan fingerprint density at radius 1 is 1.21 bits per heavy atom. The first-order valence-electron chi connectivity index (χ1n) is 9.60. The first-order valence-corrected chi connectivity index (χ1v) is 9.60. The van der Waals surface area contributed by atoms with E-state index in [1.807, 2.05) is 30.3 Å². The molecule has 0 unspecified atom stereocenters. The van der Waals surface area contributed by atoms with Gasteiger partial charge in [-0.05, 0) is 37.1 Å². The lowest BCUT2D eigenvalue weighted by atomic mass is 10.1. The van der Waals surface area contributed by atoms with Crippen LogP contribution in [-0.2, 0) is 9.59 Å². The average molecular weight is 380 g/mol. The first-order chi connectivity index (χ1) is 13.6. The van der Waals surface area contributed by atoms with Gasteiger partial charge in [0.1, 0.15) is 11.6 Å². The van der Waals surface area contributed by atoms with E-state index in [1.54, 1.807) is 24.3 Å². The Balaban J connectivity index is 1.39. The van der Waals surface area contributed by atoms with Crippen molar-refractivity contribution in [3.63, 3.8) is 0 Å². The molecule has 2 aromatic rings. The number of nitrogens with one attached hydrogen (secondary N) is 1. The zero-order valence-electron chi connectivity index (χ0n) is 15.9. The van der Waals surface area contributed by atoms with E-state index in [4.69, 9.17) is 4.74 Å². The highest BCUT2D eigenvalue weighted by atomic mass is 16.5. The number of rotatable bonds is 5. The number of carbonyl (C=O) groups excluding carboxylic acids is 2. The number of carbonyl (C=O) groups is 2. The van der Waals surface area contributed by atoms with Crippen molar-refractivity contribution in [2.45, 2.75) is 19.3 Å². The quantitative estimate of drug-likeness (QED) is 0.863. The molecular weight excluding hydrogens is 356 g/mol. The van der Waals surface area contributed by atoms with Gasteiger partial charge in [0.05, 0.1) is 24.9 Å². The van der Waals surface area contributed by atoms with Crippen LogP contribution in [-0.4, -0.2) is 43.5 Å². The van der Waals surface area contributed by atoms with E-state index in [-0.39, 0.29) is 18.2 Å². The zero-order valence-corrected chi connectivity index (χ0v) is 15.9. The number of anilines is 3. The van der Waals surface area contributed by atoms with Crippen LogP contribution in [0.5, 0.6) is 5.75 Å². The Morgan fingerprint density at radius 2 is 2.04 bits per heavy atom. The summed E-state index contributed by atoms with van der Waals surface area (Å²) in [4.78, 5) is 33.4. The highest BCUT2D eigenvalue weighted by Crippen LogP contribution is 2.28. The van der Waals surface area contributed by atoms with Gasteiger partial charge in [-0.2, -0.15) is 0 Å². The second-order valence-corrected chi connectivity index (χ2v) is 7.20. The molecule has 2 aliphatic rings. The number of methoxy groups -OCH3 is 1. The maximum absolute atomic E-state index is 12.6. The van der Waals surface area contributed by atoms with Gasteiger partial charge in [0.2, 0.25) is 11.8 Å². The van der Waals surface area contributed by atoms with E-state index in [9.17, 15) is 9.59 Å². The summed E-state index contributed by atoms with van der Waals surface area (Å²) in [6.07, 6.45) is 4.27. The minimum absolute atomic E-state index is 0.0593. The van der Waals surface area contributed by atoms with Crippen LogP contribution in [0.1, 0.15) is 19.3 Å². The fraction of sp³-hybridized carbons (Fsp3) is 0.381. The minimum atomic E-state index is -0.392. The molecule has 1 N–H and O–H groups in total. The molecule has 0 aliphatic carbocycles. The van der Waals surface area contributed by atoms with E-state index in [2.05, 4.69) is 15.2 Å². The standard InChI is InChI=1S/C21H24N4O3/c1-28-18-6-4-5-17(12-18)25-14-15(11-20(25)26)21(27)23-16-7-8-19(22-13-16)24-9-2-3-10-24/h4-8,12-13,15H,2-3,9-11,14H2,1H3,(H,23,27)/t15-/m1/s1. The summed E-state index contributed by atoms with van der Waals surface area (Å²) in [6, 6.07) is 11.1. The topological polar surface area (TPSA) is 74.8 Å². The van der Waals surface area contributed by atoms with Crippen molar-refractivity contribution < 1.29 is 14.3 Å². The van der Waals surface area contributed by atoms with Crippen LogP contribution in [0.3, 0.4) is 0 Å². The molecule has 28 heavy (non-hydrogen) atoms. The van der Waals surface area contributed by atoms with Crippen molar-refractivity contribution in [3.8, 4) is 5.75 Å². The second-order valence-electron chi connectivity index (χ2n) is 7.20. The van der Waals surface area contributed by atoms with E-state index >= 15 is 0 Å². The molecule has 4 rings (SSSR count). The van der Waals surface area contributed by atoms with Gasteiger partial charge in [0.15, 0.2) is 0 Å². The van der Waals surface area contributed by atoms with Crippen LogP contribution in [0.2, 0.25) is 0 Å². The van der Waals surface area contributed by atoms with Crippen LogP contribution in [0.4, 0.5) is 17.2 Å². The van der Waals surface area contributed by atoms with Gasteiger partial charge in [0, 0.05) is 37.8 Å². The van der Waals surface area contributed by atoms with Gasteiger partial charge in [-0.25, -0.2) is 4.98 Å². The fourth-order valence-electron chi connectivity index (χ4n) is 3.75. The summed E-state index contributed by atoms with van der Waals surface area (Å²) < 4.78 is 5.22. The summed E-state index contributed by atoms with van der Waals surface area (Å²) in [5.74, 6) is 1.01. The van der Waals surface area contributed by atoms with Crippen molar-refractivity contribution in [1.29, 1.82) is 0 Å². The number of pyridine rings is 1. The van der Waals surface area contributed by atoms with Gasteiger partial charge in [-0.3, -0.25) is 9.59 Å². The lowest BCUT2D eigenvalue weighted by molar-refractivity contribution is -0.122. The number of nitrogens with zero attached hydrogens (tertiary/aromatic N) is 3. The second kappa shape index (κ2) is 7.88. The van der Waals surface area contributed by atoms with Gasteiger partial charge in [-0.15, -0.1) is 0 Å². The van der Waals surface area contributed by atoms with Crippen LogP contribution < -0.4 is 19.9 Å². The molecule has 0 bridgehead atoms. The smallest absolute Gasteiger partial charge is 0.229 e. The molecule has 2 aliphatic heterocycles.